The molecule has 0 spiro atoms. The zero-order valence-corrected chi connectivity index (χ0v) is 24.9. The fraction of sp³-hybridized carbons (Fsp3) is 0.419. The molecule has 0 unspecified atom stereocenters. The molecule has 4 aromatic rings. The van der Waals surface area contributed by atoms with E-state index >= 15 is 0 Å². The zero-order chi connectivity index (χ0) is 29.1. The number of hydrogen-bond donors (Lipinski definition) is 1. The summed E-state index contributed by atoms with van der Waals surface area (Å²) in [6, 6.07) is 18.8. The predicted octanol–water partition coefficient (Wildman–Crippen LogP) is 4.26. The number of benzene rings is 2. The largest absolute Gasteiger partial charge is 0.349 e. The van der Waals surface area contributed by atoms with Gasteiger partial charge in [-0.2, -0.15) is 4.31 Å². The Balaban J connectivity index is 1.34. The van der Waals surface area contributed by atoms with Gasteiger partial charge >= 0.3 is 5.69 Å². The first-order valence-corrected chi connectivity index (χ1v) is 15.9. The molecule has 2 aromatic heterocycles. The van der Waals surface area contributed by atoms with E-state index in [2.05, 4.69) is 22.0 Å². The van der Waals surface area contributed by atoms with Crippen LogP contribution in [0.15, 0.2) is 75.1 Å². The van der Waals surface area contributed by atoms with E-state index in [9.17, 15) is 18.0 Å². The summed E-state index contributed by atoms with van der Waals surface area (Å²) in [5.74, 6) is 0. The fourth-order valence-corrected chi connectivity index (χ4v) is 7.17. The van der Waals surface area contributed by atoms with Crippen molar-refractivity contribution in [2.75, 3.05) is 20.1 Å². The Labute approximate surface area is 241 Å². The highest BCUT2D eigenvalue weighted by atomic mass is 32.2. The van der Waals surface area contributed by atoms with E-state index in [1.54, 1.807) is 35.9 Å². The third kappa shape index (κ3) is 5.82. The third-order valence-corrected chi connectivity index (χ3v) is 9.99. The number of aryl methyl sites for hydroxylation is 1. The summed E-state index contributed by atoms with van der Waals surface area (Å²) in [6.45, 7) is 7.36. The van der Waals surface area contributed by atoms with Crippen LogP contribution in [0.25, 0.3) is 22.3 Å². The van der Waals surface area contributed by atoms with Gasteiger partial charge in [-0.1, -0.05) is 56.3 Å². The SMILES string of the molecule is CCCn1c(=O)c2[nH]c(-c3ccc(S(=O)(=O)N(C)C4CCN(Cc5ccccc5)CC4)cc3)cc2n(CCC)c1=O. The molecular weight excluding hydrogens is 538 g/mol. The fourth-order valence-electron chi connectivity index (χ4n) is 5.76. The van der Waals surface area contributed by atoms with Crippen molar-refractivity contribution in [2.24, 2.45) is 0 Å². The van der Waals surface area contributed by atoms with Gasteiger partial charge in [0.05, 0.1) is 10.4 Å². The van der Waals surface area contributed by atoms with Crippen LogP contribution in [0, 0.1) is 0 Å². The van der Waals surface area contributed by atoms with Crippen molar-refractivity contribution in [3.05, 3.63) is 87.1 Å². The van der Waals surface area contributed by atoms with Gasteiger partial charge in [0.25, 0.3) is 5.56 Å². The Morgan fingerprint density at radius 2 is 1.54 bits per heavy atom. The number of aromatic nitrogens is 3. The van der Waals surface area contributed by atoms with E-state index in [4.69, 9.17) is 0 Å². The molecular formula is C31H39N5O4S. The molecule has 9 nitrogen and oxygen atoms in total. The van der Waals surface area contributed by atoms with Gasteiger partial charge in [0.15, 0.2) is 0 Å². The van der Waals surface area contributed by atoms with Crippen LogP contribution in [0.5, 0.6) is 0 Å². The Morgan fingerprint density at radius 3 is 2.17 bits per heavy atom. The topological polar surface area (TPSA) is 100 Å². The lowest BCUT2D eigenvalue weighted by molar-refractivity contribution is 0.164. The molecule has 1 N–H and O–H groups in total. The van der Waals surface area contributed by atoms with Gasteiger partial charge in [0.1, 0.15) is 5.52 Å². The summed E-state index contributed by atoms with van der Waals surface area (Å²) >= 11 is 0. The van der Waals surface area contributed by atoms with E-state index in [1.807, 2.05) is 38.1 Å². The van der Waals surface area contributed by atoms with Crippen LogP contribution in [0.1, 0.15) is 45.1 Å². The molecule has 41 heavy (non-hydrogen) atoms. The zero-order valence-electron chi connectivity index (χ0n) is 24.0. The van der Waals surface area contributed by atoms with Gasteiger partial charge in [-0.05, 0) is 55.0 Å². The second-order valence-electron chi connectivity index (χ2n) is 10.9. The molecule has 0 saturated carbocycles. The molecule has 1 fully saturated rings. The number of fused-ring (bicyclic) bond motifs is 1. The maximum Gasteiger partial charge on any atom is 0.331 e. The van der Waals surface area contributed by atoms with E-state index in [0.29, 0.717) is 36.2 Å². The molecule has 1 saturated heterocycles. The third-order valence-electron chi connectivity index (χ3n) is 8.07. The number of piperidine rings is 1. The second kappa shape index (κ2) is 12.2. The Morgan fingerprint density at radius 1 is 0.902 bits per heavy atom. The number of sulfonamides is 1. The van der Waals surface area contributed by atoms with E-state index < -0.39 is 10.0 Å². The van der Waals surface area contributed by atoms with Crippen molar-refractivity contribution in [2.45, 2.75) is 70.1 Å². The molecule has 10 heteroatoms. The quantitative estimate of drug-likeness (QED) is 0.304. The molecule has 0 bridgehead atoms. The normalized spacial score (nSPS) is 15.2. The molecule has 3 heterocycles. The smallest absolute Gasteiger partial charge is 0.331 e. The van der Waals surface area contributed by atoms with Crippen LogP contribution >= 0.6 is 0 Å². The van der Waals surface area contributed by atoms with Crippen molar-refractivity contribution >= 4 is 21.1 Å². The van der Waals surface area contributed by atoms with Gasteiger partial charge in [0, 0.05) is 51.5 Å². The Bertz CT molecular complexity index is 1710. The Kier molecular flexibility index (Phi) is 8.63. The summed E-state index contributed by atoms with van der Waals surface area (Å²) in [6.07, 6.45) is 3.00. The minimum Gasteiger partial charge on any atom is -0.349 e. The molecule has 1 aliphatic heterocycles. The average molecular weight is 578 g/mol. The number of likely N-dealkylation sites (tertiary alicyclic amines) is 1. The van der Waals surface area contributed by atoms with Crippen molar-refractivity contribution < 1.29 is 8.42 Å². The number of H-pyrrole nitrogens is 1. The molecule has 0 aliphatic carbocycles. The lowest BCUT2D eigenvalue weighted by Gasteiger charge is -2.36. The van der Waals surface area contributed by atoms with Crippen LogP contribution in [-0.2, 0) is 29.7 Å². The van der Waals surface area contributed by atoms with Crippen molar-refractivity contribution in [3.8, 4) is 11.3 Å². The summed E-state index contributed by atoms with van der Waals surface area (Å²) < 4.78 is 31.5. The number of aromatic amines is 1. The molecule has 2 aromatic carbocycles. The highest BCUT2D eigenvalue weighted by Gasteiger charge is 2.31. The van der Waals surface area contributed by atoms with E-state index in [1.165, 1.54) is 14.4 Å². The summed E-state index contributed by atoms with van der Waals surface area (Å²) in [5, 5.41) is 0. The predicted molar refractivity (Wildman–Crippen MR) is 163 cm³/mol. The molecule has 0 amide bonds. The maximum absolute atomic E-state index is 13.5. The molecule has 1 aliphatic rings. The number of hydrogen-bond acceptors (Lipinski definition) is 5. The second-order valence-corrected chi connectivity index (χ2v) is 12.9. The number of rotatable bonds is 10. The molecule has 0 atom stereocenters. The van der Waals surface area contributed by atoms with Crippen molar-refractivity contribution in [3.63, 3.8) is 0 Å². The summed E-state index contributed by atoms with van der Waals surface area (Å²) in [5.41, 5.74) is 3.00. The summed E-state index contributed by atoms with van der Waals surface area (Å²) in [7, 11) is -2.00. The minimum atomic E-state index is -3.67. The van der Waals surface area contributed by atoms with Crippen molar-refractivity contribution in [1.82, 2.24) is 23.3 Å². The number of nitrogens with one attached hydrogen (secondary N) is 1. The van der Waals surface area contributed by atoms with E-state index in [-0.39, 0.29) is 22.2 Å². The molecule has 5 rings (SSSR count). The van der Waals surface area contributed by atoms with Gasteiger partial charge < -0.3 is 4.98 Å². The number of nitrogens with zero attached hydrogens (tertiary/aromatic N) is 4. The van der Waals surface area contributed by atoms with Crippen LogP contribution in [-0.4, -0.2) is 57.9 Å². The van der Waals surface area contributed by atoms with Crippen LogP contribution in [0.2, 0.25) is 0 Å². The first-order valence-electron chi connectivity index (χ1n) is 14.5. The highest BCUT2D eigenvalue weighted by Crippen LogP contribution is 2.27. The van der Waals surface area contributed by atoms with E-state index in [0.717, 1.165) is 44.5 Å². The first-order chi connectivity index (χ1) is 19.7. The van der Waals surface area contributed by atoms with Crippen LogP contribution < -0.4 is 11.2 Å². The van der Waals surface area contributed by atoms with Crippen LogP contribution in [0.4, 0.5) is 0 Å². The molecule has 0 radical (unpaired) electrons. The van der Waals surface area contributed by atoms with Gasteiger partial charge in [-0.25, -0.2) is 13.2 Å². The first kappa shape index (κ1) is 29.0. The lowest BCUT2D eigenvalue weighted by atomic mass is 10.0. The monoisotopic (exact) mass is 577 g/mol. The van der Waals surface area contributed by atoms with Gasteiger partial charge in [-0.15, -0.1) is 0 Å². The minimum absolute atomic E-state index is 0.0546. The lowest BCUT2D eigenvalue weighted by Crippen LogP contribution is -2.45. The van der Waals surface area contributed by atoms with Gasteiger partial charge in [0.2, 0.25) is 10.0 Å². The summed E-state index contributed by atoms with van der Waals surface area (Å²) in [4.78, 5) is 31.9. The molecule has 218 valence electrons. The standard InChI is InChI=1S/C31H39N5O4S/c1-4-17-35-28-21-27(32-29(28)30(37)36(18-5-2)31(35)38)24-11-13-26(14-12-24)41(39,40)33(3)25-15-19-34(20-16-25)22-23-9-7-6-8-10-23/h6-14,21,25,32H,4-5,15-20,22H2,1-3H3. The van der Waals surface area contributed by atoms with Gasteiger partial charge in [-0.3, -0.25) is 18.8 Å². The maximum atomic E-state index is 13.5. The average Bonchev–Trinajstić information content (AvgIpc) is 3.44. The Hall–Kier alpha value is -3.47. The van der Waals surface area contributed by atoms with Crippen LogP contribution in [0.3, 0.4) is 0 Å². The highest BCUT2D eigenvalue weighted by molar-refractivity contribution is 7.89. The van der Waals surface area contributed by atoms with Crippen molar-refractivity contribution in [1.29, 1.82) is 0 Å².